The van der Waals surface area contributed by atoms with E-state index in [1.807, 2.05) is 0 Å². The predicted molar refractivity (Wildman–Crippen MR) is 136 cm³/mol. The predicted octanol–water partition coefficient (Wildman–Crippen LogP) is 4.54. The molecular weight excluding hydrogens is 533 g/mol. The molecule has 0 radical (unpaired) electrons. The van der Waals surface area contributed by atoms with Gasteiger partial charge in [0.2, 0.25) is 11.8 Å². The van der Waals surface area contributed by atoms with Gasteiger partial charge in [-0.05, 0) is 50.1 Å². The Morgan fingerprint density at radius 1 is 0.900 bits per heavy atom. The van der Waals surface area contributed by atoms with Crippen molar-refractivity contribution in [1.29, 1.82) is 0 Å². The van der Waals surface area contributed by atoms with Gasteiger partial charge in [0.25, 0.3) is 5.91 Å². The number of hydrogen-bond donors (Lipinski definition) is 3. The van der Waals surface area contributed by atoms with E-state index < -0.39 is 64.1 Å². The Labute approximate surface area is 225 Å². The maximum absolute atomic E-state index is 14.8. The van der Waals surface area contributed by atoms with Crippen molar-refractivity contribution in [2.45, 2.75) is 32.8 Å². The lowest BCUT2D eigenvalue weighted by Crippen LogP contribution is -2.35. The zero-order chi connectivity index (χ0) is 29.0. The molecule has 2 aromatic carbocycles. The second kappa shape index (κ2) is 11.4. The molecule has 1 unspecified atom stereocenters. The largest absolute Gasteiger partial charge is 0.454 e. The average Bonchev–Trinajstić information content (AvgIpc) is 3.71. The summed E-state index contributed by atoms with van der Waals surface area (Å²) < 4.78 is 52.9. The van der Waals surface area contributed by atoms with Crippen molar-refractivity contribution in [2.75, 3.05) is 16.0 Å². The molecule has 0 aliphatic heterocycles. The molecule has 3 amide bonds. The number of carbonyl (C=O) groups excluding carboxylic acids is 4. The van der Waals surface area contributed by atoms with E-state index in [9.17, 15) is 32.3 Å². The number of carbonyl (C=O) groups is 4. The van der Waals surface area contributed by atoms with Crippen LogP contribution in [-0.4, -0.2) is 34.8 Å². The van der Waals surface area contributed by atoms with Crippen LogP contribution in [0.2, 0.25) is 0 Å². The van der Waals surface area contributed by atoms with Crippen LogP contribution in [0.3, 0.4) is 0 Å². The number of nitrogens with one attached hydrogen (secondary N) is 3. The van der Waals surface area contributed by atoms with E-state index in [2.05, 4.69) is 20.9 Å². The number of anilines is 3. The van der Waals surface area contributed by atoms with Crippen molar-refractivity contribution in [3.63, 3.8) is 0 Å². The van der Waals surface area contributed by atoms with Gasteiger partial charge in [-0.25, -0.2) is 18.2 Å². The van der Waals surface area contributed by atoms with Gasteiger partial charge in [0.05, 0.1) is 5.69 Å². The molecule has 0 bridgehead atoms. The summed E-state index contributed by atoms with van der Waals surface area (Å²) in [6.07, 6.45) is 0.535. The van der Waals surface area contributed by atoms with Gasteiger partial charge in [-0.3, -0.25) is 19.2 Å². The number of pyridine rings is 1. The quantitative estimate of drug-likeness (QED) is 0.260. The number of nitrogens with zero attached hydrogens (tertiary/aromatic N) is 1. The fourth-order valence-electron chi connectivity index (χ4n) is 3.61. The Bertz CT molecular complexity index is 1480. The summed E-state index contributed by atoms with van der Waals surface area (Å²) in [5, 5.41) is 7.18. The third kappa shape index (κ3) is 6.54. The van der Waals surface area contributed by atoms with Crippen LogP contribution in [0.1, 0.15) is 26.7 Å². The molecule has 208 valence electrons. The van der Waals surface area contributed by atoms with Crippen molar-refractivity contribution in [1.82, 2.24) is 4.98 Å². The molecular formula is C27H23F3N4O6. The van der Waals surface area contributed by atoms with Gasteiger partial charge in [-0.2, -0.15) is 0 Å². The molecule has 0 spiro atoms. The Morgan fingerprint density at radius 3 is 2.23 bits per heavy atom. The second-order valence-electron chi connectivity index (χ2n) is 8.98. The fraction of sp³-hybridized carbons (Fsp3) is 0.222. The van der Waals surface area contributed by atoms with Crippen LogP contribution in [0.15, 0.2) is 54.7 Å². The molecule has 40 heavy (non-hydrogen) atoms. The van der Waals surface area contributed by atoms with E-state index >= 15 is 0 Å². The minimum absolute atomic E-state index is 0.0000824. The zero-order valence-electron chi connectivity index (χ0n) is 21.2. The van der Waals surface area contributed by atoms with Crippen molar-refractivity contribution in [3.05, 3.63) is 72.2 Å². The summed E-state index contributed by atoms with van der Waals surface area (Å²) >= 11 is 0. The third-order valence-corrected chi connectivity index (χ3v) is 5.91. The van der Waals surface area contributed by atoms with E-state index in [-0.39, 0.29) is 30.1 Å². The number of esters is 1. The van der Waals surface area contributed by atoms with E-state index in [1.165, 1.54) is 37.4 Å². The van der Waals surface area contributed by atoms with E-state index in [4.69, 9.17) is 9.47 Å². The average molecular weight is 556 g/mol. The molecule has 3 aromatic rings. The van der Waals surface area contributed by atoms with Crippen LogP contribution in [-0.2, 0) is 23.9 Å². The molecule has 13 heteroatoms. The minimum atomic E-state index is -1.47. The van der Waals surface area contributed by atoms with Crippen LogP contribution in [0.5, 0.6) is 11.5 Å². The molecule has 1 heterocycles. The van der Waals surface area contributed by atoms with Crippen molar-refractivity contribution >= 4 is 40.9 Å². The zero-order valence-corrected chi connectivity index (χ0v) is 21.2. The van der Waals surface area contributed by atoms with E-state index in [1.54, 1.807) is 0 Å². The van der Waals surface area contributed by atoms with Gasteiger partial charge in [-0.1, -0.05) is 0 Å². The van der Waals surface area contributed by atoms with Crippen molar-refractivity contribution < 1.29 is 41.8 Å². The van der Waals surface area contributed by atoms with Gasteiger partial charge in [0, 0.05) is 37.0 Å². The maximum atomic E-state index is 14.8. The number of aromatic nitrogens is 1. The van der Waals surface area contributed by atoms with Gasteiger partial charge < -0.3 is 25.4 Å². The maximum Gasteiger partial charge on any atom is 0.303 e. The Hall–Kier alpha value is -4.94. The molecule has 1 aliphatic rings. The highest BCUT2D eigenvalue weighted by atomic mass is 19.1. The monoisotopic (exact) mass is 556 g/mol. The smallest absolute Gasteiger partial charge is 0.303 e. The standard InChI is InChI=1S/C27H23F3N4O6/c1-14(39-15(2)35)24(36)34-23-11-18(7-10-31-23)40-22-13-19(29)21(12-20(22)30)33-26(38)27(8-9-27)25(37)32-17-5-3-16(28)4-6-17/h3-7,10-14H,8-9H2,1-2H3,(H,32,37)(H,33,38)(H,31,34,36). The van der Waals surface area contributed by atoms with Gasteiger partial charge >= 0.3 is 5.97 Å². The molecule has 3 N–H and O–H groups in total. The van der Waals surface area contributed by atoms with Crippen LogP contribution >= 0.6 is 0 Å². The summed E-state index contributed by atoms with van der Waals surface area (Å²) in [6, 6.07) is 8.94. The number of hydrogen-bond acceptors (Lipinski definition) is 7. The molecule has 1 aromatic heterocycles. The molecule has 1 atom stereocenters. The molecule has 1 fully saturated rings. The van der Waals surface area contributed by atoms with Gasteiger partial charge in [0.1, 0.15) is 22.8 Å². The molecule has 4 rings (SSSR count). The highest BCUT2D eigenvalue weighted by Crippen LogP contribution is 2.47. The van der Waals surface area contributed by atoms with E-state index in [0.29, 0.717) is 12.1 Å². The highest BCUT2D eigenvalue weighted by Gasteiger charge is 2.56. The first-order valence-corrected chi connectivity index (χ1v) is 12.0. The Kier molecular flexibility index (Phi) is 8.03. The SMILES string of the molecule is CC(=O)OC(C)C(=O)Nc1cc(Oc2cc(F)c(NC(=O)C3(C(=O)Nc4ccc(F)cc4)CC3)cc2F)ccn1. The minimum Gasteiger partial charge on any atom is -0.454 e. The van der Waals surface area contributed by atoms with Crippen molar-refractivity contribution in [3.8, 4) is 11.5 Å². The van der Waals surface area contributed by atoms with E-state index in [0.717, 1.165) is 19.1 Å². The lowest BCUT2D eigenvalue weighted by molar-refractivity contribution is -0.150. The number of rotatable bonds is 9. The molecule has 10 nitrogen and oxygen atoms in total. The van der Waals surface area contributed by atoms with Crippen molar-refractivity contribution in [2.24, 2.45) is 5.41 Å². The number of ether oxygens (including phenoxy) is 2. The summed E-state index contributed by atoms with van der Waals surface area (Å²) in [4.78, 5) is 52.6. The first-order valence-electron chi connectivity index (χ1n) is 12.0. The first-order chi connectivity index (χ1) is 19.0. The summed E-state index contributed by atoms with van der Waals surface area (Å²) in [7, 11) is 0. The van der Waals surface area contributed by atoms with Crippen LogP contribution in [0.4, 0.5) is 30.4 Å². The van der Waals surface area contributed by atoms with Gasteiger partial charge in [0.15, 0.2) is 23.5 Å². The topological polar surface area (TPSA) is 136 Å². The van der Waals surface area contributed by atoms with Crippen LogP contribution in [0, 0.1) is 22.9 Å². The number of benzene rings is 2. The summed E-state index contributed by atoms with van der Waals surface area (Å²) in [5.74, 6) is -5.87. The molecule has 1 aliphatic carbocycles. The number of amides is 3. The molecule has 1 saturated carbocycles. The summed E-state index contributed by atoms with van der Waals surface area (Å²) in [6.45, 7) is 2.51. The Morgan fingerprint density at radius 2 is 1.57 bits per heavy atom. The summed E-state index contributed by atoms with van der Waals surface area (Å²) in [5.41, 5.74) is -1.70. The van der Waals surface area contributed by atoms with Gasteiger partial charge in [-0.15, -0.1) is 0 Å². The second-order valence-corrected chi connectivity index (χ2v) is 8.98. The highest BCUT2D eigenvalue weighted by molar-refractivity contribution is 6.17. The third-order valence-electron chi connectivity index (χ3n) is 5.91. The van der Waals surface area contributed by atoms with Crippen LogP contribution in [0.25, 0.3) is 0 Å². The lowest BCUT2D eigenvalue weighted by atomic mass is 10.0. The number of halogens is 3. The normalized spacial score (nSPS) is 13.9. The Balaban J connectivity index is 1.42. The molecule has 0 saturated heterocycles. The van der Waals surface area contributed by atoms with Crippen LogP contribution < -0.4 is 20.7 Å². The lowest BCUT2D eigenvalue weighted by Gasteiger charge is -2.16. The fourth-order valence-corrected chi connectivity index (χ4v) is 3.61. The first kappa shape index (κ1) is 28.1.